The molecule has 1 rings (SSSR count). The lowest BCUT2D eigenvalue weighted by molar-refractivity contribution is -0.0730. The van der Waals surface area contributed by atoms with Gasteiger partial charge in [0.05, 0.1) is 39.5 Å². The minimum Gasteiger partial charge on any atom is -0.452 e. The minimum absolute atomic E-state index is 0.0110. The highest BCUT2D eigenvalue weighted by Gasteiger charge is 2.37. The van der Waals surface area contributed by atoms with Gasteiger partial charge in [-0.2, -0.15) is 0 Å². The first-order valence-electron chi connectivity index (χ1n) is 4.65. The number of rotatable bonds is 0. The zero-order chi connectivity index (χ0) is 12.3. The van der Waals surface area contributed by atoms with Crippen molar-refractivity contribution in [3.8, 4) is 0 Å². The quantitative estimate of drug-likeness (QED) is 0.541. The Morgan fingerprint density at radius 3 is 2.06 bits per heavy atom. The zero-order valence-electron chi connectivity index (χ0n) is 9.12. The van der Waals surface area contributed by atoms with Crippen molar-refractivity contribution in [2.45, 2.75) is 12.1 Å². The molecule has 0 saturated carbocycles. The van der Waals surface area contributed by atoms with Crippen molar-refractivity contribution in [1.29, 1.82) is 0 Å². The first kappa shape index (κ1) is 12.5. The van der Waals surface area contributed by atoms with E-state index in [1.807, 2.05) is 0 Å². The molecule has 8 heteroatoms. The van der Waals surface area contributed by atoms with Gasteiger partial charge in [0.1, 0.15) is 0 Å². The van der Waals surface area contributed by atoms with Gasteiger partial charge in [-0.1, -0.05) is 0 Å². The van der Waals surface area contributed by atoms with Gasteiger partial charge in [-0.3, -0.25) is 0 Å². The van der Waals surface area contributed by atoms with Crippen LogP contribution >= 0.6 is 0 Å². The van der Waals surface area contributed by atoms with Crippen molar-refractivity contribution < 1.29 is 24.2 Å². The van der Waals surface area contributed by atoms with E-state index in [1.54, 1.807) is 0 Å². The van der Waals surface area contributed by atoms with Crippen LogP contribution in [0.25, 0.3) is 0 Å². The number of carbonyl (C=O) groups excluding carboxylic acids is 2. The molecule has 0 spiro atoms. The third kappa shape index (κ3) is 2.34. The molecule has 2 unspecified atom stereocenters. The van der Waals surface area contributed by atoms with Gasteiger partial charge < -0.3 is 20.3 Å². The van der Waals surface area contributed by atoms with Crippen LogP contribution in [0.3, 0.4) is 0 Å². The van der Waals surface area contributed by atoms with Crippen molar-refractivity contribution in [1.82, 2.24) is 10.0 Å². The first-order valence-corrected chi connectivity index (χ1v) is 4.65. The molecule has 1 aliphatic heterocycles. The molecule has 1 aliphatic rings. The first-order chi connectivity index (χ1) is 7.51. The van der Waals surface area contributed by atoms with Gasteiger partial charge in [0.2, 0.25) is 0 Å². The highest BCUT2D eigenvalue weighted by molar-refractivity contribution is 5.74. The fourth-order valence-corrected chi connectivity index (χ4v) is 1.39. The van der Waals surface area contributed by atoms with Crippen LogP contribution in [0.4, 0.5) is 9.59 Å². The van der Waals surface area contributed by atoms with Crippen LogP contribution in [0.1, 0.15) is 0 Å². The second-order valence-corrected chi connectivity index (χ2v) is 3.34. The summed E-state index contributed by atoms with van der Waals surface area (Å²) in [4.78, 5) is 22.7. The number of aliphatic hydroxyl groups is 1. The summed E-state index contributed by atoms with van der Waals surface area (Å²) in [5.41, 5.74) is 5.59. The number of hydrogen-bond donors (Lipinski definition) is 2. The van der Waals surface area contributed by atoms with E-state index in [2.05, 4.69) is 9.47 Å². The molecule has 1 fully saturated rings. The van der Waals surface area contributed by atoms with E-state index in [9.17, 15) is 14.7 Å². The molecule has 0 aromatic rings. The SMILES string of the molecule is COC(=O)N1CC(N)C(O)CN1C(=O)OC. The van der Waals surface area contributed by atoms with Crippen LogP contribution in [0.2, 0.25) is 0 Å². The smallest absolute Gasteiger partial charge is 0.428 e. The zero-order valence-corrected chi connectivity index (χ0v) is 9.12. The predicted molar refractivity (Wildman–Crippen MR) is 52.2 cm³/mol. The summed E-state index contributed by atoms with van der Waals surface area (Å²) in [7, 11) is 2.37. The highest BCUT2D eigenvalue weighted by atomic mass is 16.6. The number of methoxy groups -OCH3 is 2. The Kier molecular flexibility index (Phi) is 3.91. The summed E-state index contributed by atoms with van der Waals surface area (Å²) < 4.78 is 8.98. The van der Waals surface area contributed by atoms with Crippen LogP contribution in [0.15, 0.2) is 0 Å². The maximum atomic E-state index is 11.4. The molecular formula is C8H15N3O5. The molecule has 92 valence electrons. The third-order valence-corrected chi connectivity index (χ3v) is 2.30. The van der Waals surface area contributed by atoms with Crippen molar-refractivity contribution in [3.05, 3.63) is 0 Å². The molecule has 0 aliphatic carbocycles. The predicted octanol–water partition coefficient (Wildman–Crippen LogP) is -1.26. The third-order valence-electron chi connectivity index (χ3n) is 2.30. The Hall–Kier alpha value is -1.54. The lowest BCUT2D eigenvalue weighted by atomic mass is 10.1. The number of β-amino-alcohol motifs (C(OH)–C–C–N with tert-alkyl or cyclic N) is 1. The number of aliphatic hydroxyl groups excluding tert-OH is 1. The molecule has 16 heavy (non-hydrogen) atoms. The number of hydrogen-bond acceptors (Lipinski definition) is 6. The molecule has 0 aromatic heterocycles. The highest BCUT2D eigenvalue weighted by Crippen LogP contribution is 2.13. The van der Waals surface area contributed by atoms with Crippen LogP contribution < -0.4 is 5.73 Å². The van der Waals surface area contributed by atoms with Gasteiger partial charge in [0.25, 0.3) is 0 Å². The summed E-state index contributed by atoms with van der Waals surface area (Å²) >= 11 is 0. The second-order valence-electron chi connectivity index (χ2n) is 3.34. The summed E-state index contributed by atoms with van der Waals surface area (Å²) in [6.45, 7) is -0.119. The Bertz CT molecular complexity index is 257. The molecule has 8 nitrogen and oxygen atoms in total. The Balaban J connectivity index is 2.83. The van der Waals surface area contributed by atoms with Gasteiger partial charge in [0.15, 0.2) is 0 Å². The van der Waals surface area contributed by atoms with Gasteiger partial charge in [0, 0.05) is 0 Å². The maximum absolute atomic E-state index is 11.4. The fraction of sp³-hybridized carbons (Fsp3) is 0.750. The monoisotopic (exact) mass is 233 g/mol. The van der Waals surface area contributed by atoms with Crippen LogP contribution in [0.5, 0.6) is 0 Å². The maximum Gasteiger partial charge on any atom is 0.428 e. The van der Waals surface area contributed by atoms with E-state index in [0.717, 1.165) is 10.0 Å². The fourth-order valence-electron chi connectivity index (χ4n) is 1.39. The molecule has 3 N–H and O–H groups in total. The molecular weight excluding hydrogens is 218 g/mol. The average Bonchev–Trinajstić information content (AvgIpc) is 2.30. The standard InChI is InChI=1S/C8H15N3O5/c1-15-7(13)10-3-5(9)6(12)4-11(10)8(14)16-2/h5-6,12H,3-4,9H2,1-2H3. The number of amides is 2. The molecule has 0 bridgehead atoms. The molecule has 2 amide bonds. The number of nitrogens with two attached hydrogens (primary N) is 1. The summed E-state index contributed by atoms with van der Waals surface area (Å²) in [5, 5.41) is 11.5. The average molecular weight is 233 g/mol. The molecule has 1 saturated heterocycles. The minimum atomic E-state index is -0.903. The molecule has 0 radical (unpaired) electrons. The van der Waals surface area contributed by atoms with E-state index in [-0.39, 0.29) is 13.1 Å². The van der Waals surface area contributed by atoms with Crippen molar-refractivity contribution in [2.24, 2.45) is 5.73 Å². The van der Waals surface area contributed by atoms with E-state index < -0.39 is 24.3 Å². The number of ether oxygens (including phenoxy) is 2. The van der Waals surface area contributed by atoms with E-state index in [0.29, 0.717) is 0 Å². The van der Waals surface area contributed by atoms with Crippen LogP contribution in [-0.2, 0) is 9.47 Å². The number of hydrazine groups is 1. The Morgan fingerprint density at radius 2 is 1.62 bits per heavy atom. The van der Waals surface area contributed by atoms with Gasteiger partial charge in [-0.15, -0.1) is 0 Å². The molecule has 1 heterocycles. The summed E-state index contributed by atoms with van der Waals surface area (Å²) in [6.07, 6.45) is -2.39. The largest absolute Gasteiger partial charge is 0.452 e. The van der Waals surface area contributed by atoms with E-state index in [1.165, 1.54) is 14.2 Å². The van der Waals surface area contributed by atoms with Crippen LogP contribution in [0, 0.1) is 0 Å². The summed E-state index contributed by atoms with van der Waals surface area (Å²) in [5.74, 6) is 0. The van der Waals surface area contributed by atoms with Crippen LogP contribution in [-0.4, -0.2) is 66.8 Å². The van der Waals surface area contributed by atoms with Crippen molar-refractivity contribution in [2.75, 3.05) is 27.3 Å². The van der Waals surface area contributed by atoms with Crippen molar-refractivity contribution in [3.63, 3.8) is 0 Å². The Labute approximate surface area is 92.5 Å². The lowest BCUT2D eigenvalue weighted by Crippen LogP contribution is -2.64. The topological polar surface area (TPSA) is 105 Å². The van der Waals surface area contributed by atoms with Gasteiger partial charge in [-0.25, -0.2) is 19.6 Å². The second kappa shape index (κ2) is 4.99. The normalized spacial score (nSPS) is 25.2. The lowest BCUT2D eigenvalue weighted by Gasteiger charge is -2.40. The van der Waals surface area contributed by atoms with E-state index in [4.69, 9.17) is 5.73 Å². The summed E-state index contributed by atoms with van der Waals surface area (Å²) in [6, 6.07) is -0.625. The molecule has 2 atom stereocenters. The molecule has 0 aromatic carbocycles. The number of carbonyl (C=O) groups is 2. The number of nitrogens with zero attached hydrogens (tertiary/aromatic N) is 2. The van der Waals surface area contributed by atoms with Gasteiger partial charge in [-0.05, 0) is 0 Å². The van der Waals surface area contributed by atoms with Crippen molar-refractivity contribution >= 4 is 12.2 Å². The van der Waals surface area contributed by atoms with Gasteiger partial charge >= 0.3 is 12.2 Å². The Morgan fingerprint density at radius 1 is 1.19 bits per heavy atom. The van der Waals surface area contributed by atoms with E-state index >= 15 is 0 Å².